The van der Waals surface area contributed by atoms with Crippen molar-refractivity contribution in [1.29, 1.82) is 0 Å². The Kier molecular flexibility index (Phi) is 4.15. The van der Waals surface area contributed by atoms with Crippen LogP contribution in [0, 0.1) is 0 Å². The van der Waals surface area contributed by atoms with Crippen LogP contribution in [0.5, 0.6) is 5.75 Å². The van der Waals surface area contributed by atoms with Crippen LogP contribution >= 0.6 is 0 Å². The molecule has 23 heavy (non-hydrogen) atoms. The zero-order chi connectivity index (χ0) is 16.2. The molecule has 0 N–H and O–H groups in total. The lowest BCUT2D eigenvalue weighted by molar-refractivity contribution is 0.0601. The lowest BCUT2D eigenvalue weighted by Crippen LogP contribution is -2.04. The van der Waals surface area contributed by atoms with Crippen molar-refractivity contribution in [2.75, 3.05) is 14.2 Å². The predicted octanol–water partition coefficient (Wildman–Crippen LogP) is 4.41. The third kappa shape index (κ3) is 2.83. The molecule has 0 aliphatic carbocycles. The molecule has 1 heterocycles. The summed E-state index contributed by atoms with van der Waals surface area (Å²) in [6.07, 6.45) is 1.61. The fraction of sp³-hybridized carbons (Fsp3) is 0.105. The Labute approximate surface area is 134 Å². The van der Waals surface area contributed by atoms with E-state index < -0.39 is 0 Å². The summed E-state index contributed by atoms with van der Waals surface area (Å²) in [6.45, 7) is 0. The lowest BCUT2D eigenvalue weighted by Gasteiger charge is -2.13. The third-order valence-electron chi connectivity index (χ3n) is 3.64. The molecular formula is C19H16O4. The van der Waals surface area contributed by atoms with Crippen LogP contribution in [0.4, 0.5) is 0 Å². The largest absolute Gasteiger partial charge is 0.497 e. The molecule has 1 aromatic heterocycles. The molecule has 4 nitrogen and oxygen atoms in total. The van der Waals surface area contributed by atoms with Crippen LogP contribution in [-0.4, -0.2) is 20.2 Å². The minimum absolute atomic E-state index is 0.385. The first kappa shape index (κ1) is 14.9. The van der Waals surface area contributed by atoms with Gasteiger partial charge in [0.25, 0.3) is 0 Å². The molecule has 3 aromatic rings. The molecule has 2 aromatic carbocycles. The van der Waals surface area contributed by atoms with Crippen molar-refractivity contribution in [3.8, 4) is 28.2 Å². The summed E-state index contributed by atoms with van der Waals surface area (Å²) in [6, 6.07) is 16.7. The summed E-state index contributed by atoms with van der Waals surface area (Å²) in [4.78, 5) is 12.2. The number of hydrogen-bond donors (Lipinski definition) is 0. The van der Waals surface area contributed by atoms with Gasteiger partial charge in [0.1, 0.15) is 11.5 Å². The number of esters is 1. The monoisotopic (exact) mass is 308 g/mol. The third-order valence-corrected chi connectivity index (χ3v) is 3.64. The van der Waals surface area contributed by atoms with Crippen molar-refractivity contribution in [3.05, 3.63) is 66.4 Å². The summed E-state index contributed by atoms with van der Waals surface area (Å²) in [5, 5.41) is 0. The Morgan fingerprint density at radius 3 is 2.35 bits per heavy atom. The van der Waals surface area contributed by atoms with E-state index in [0.717, 1.165) is 22.4 Å². The average molecular weight is 308 g/mol. The highest BCUT2D eigenvalue weighted by atomic mass is 16.5. The van der Waals surface area contributed by atoms with Crippen LogP contribution in [0.3, 0.4) is 0 Å². The van der Waals surface area contributed by atoms with Crippen molar-refractivity contribution in [3.63, 3.8) is 0 Å². The highest BCUT2D eigenvalue weighted by Gasteiger charge is 2.19. The molecule has 0 amide bonds. The van der Waals surface area contributed by atoms with Crippen LogP contribution in [0.1, 0.15) is 10.4 Å². The van der Waals surface area contributed by atoms with E-state index in [-0.39, 0.29) is 5.97 Å². The fourth-order valence-electron chi connectivity index (χ4n) is 2.54. The van der Waals surface area contributed by atoms with Gasteiger partial charge in [0, 0.05) is 11.1 Å². The van der Waals surface area contributed by atoms with Gasteiger partial charge in [-0.15, -0.1) is 0 Å². The summed E-state index contributed by atoms with van der Waals surface area (Å²) < 4.78 is 15.6. The van der Waals surface area contributed by atoms with E-state index in [4.69, 9.17) is 13.9 Å². The molecule has 116 valence electrons. The van der Waals surface area contributed by atoms with Crippen LogP contribution in [0.15, 0.2) is 65.3 Å². The van der Waals surface area contributed by atoms with Gasteiger partial charge in [0.2, 0.25) is 0 Å². The van der Waals surface area contributed by atoms with Gasteiger partial charge in [-0.25, -0.2) is 4.79 Å². The molecule has 0 aliphatic heterocycles. The normalized spacial score (nSPS) is 10.3. The van der Waals surface area contributed by atoms with Gasteiger partial charge >= 0.3 is 5.97 Å². The van der Waals surface area contributed by atoms with E-state index in [1.165, 1.54) is 7.11 Å². The summed E-state index contributed by atoms with van der Waals surface area (Å²) >= 11 is 0. The quantitative estimate of drug-likeness (QED) is 0.670. The number of carbonyl (C=O) groups excluding carboxylic acids is 1. The van der Waals surface area contributed by atoms with Crippen LogP contribution in [0.2, 0.25) is 0 Å². The first-order valence-corrected chi connectivity index (χ1v) is 7.14. The standard InChI is InChI=1S/C19H16O4/c1-21-14-10-8-13(9-11-14)18-15(17-7-4-12-23-17)5-3-6-16(18)19(20)22-2/h3-12H,1-2H3. The molecule has 0 spiro atoms. The van der Waals surface area contributed by atoms with Gasteiger partial charge in [-0.05, 0) is 35.9 Å². The van der Waals surface area contributed by atoms with Crippen molar-refractivity contribution in [2.45, 2.75) is 0 Å². The van der Waals surface area contributed by atoms with Crippen molar-refractivity contribution in [1.82, 2.24) is 0 Å². The molecule has 0 aliphatic rings. The molecule has 0 saturated heterocycles. The van der Waals surface area contributed by atoms with E-state index >= 15 is 0 Å². The Morgan fingerprint density at radius 1 is 0.957 bits per heavy atom. The van der Waals surface area contributed by atoms with Crippen molar-refractivity contribution >= 4 is 5.97 Å². The van der Waals surface area contributed by atoms with Gasteiger partial charge in [-0.3, -0.25) is 0 Å². The number of carbonyl (C=O) groups is 1. The highest BCUT2D eigenvalue weighted by molar-refractivity contribution is 6.01. The predicted molar refractivity (Wildman–Crippen MR) is 87.5 cm³/mol. The maximum Gasteiger partial charge on any atom is 0.338 e. The molecular weight excluding hydrogens is 292 g/mol. The number of benzene rings is 2. The molecule has 0 bridgehead atoms. The minimum Gasteiger partial charge on any atom is -0.497 e. The summed E-state index contributed by atoms with van der Waals surface area (Å²) in [5.74, 6) is 1.06. The van der Waals surface area contributed by atoms with E-state index in [1.54, 1.807) is 19.4 Å². The topological polar surface area (TPSA) is 48.7 Å². The van der Waals surface area contributed by atoms with Gasteiger partial charge < -0.3 is 13.9 Å². The average Bonchev–Trinajstić information content (AvgIpc) is 3.15. The number of hydrogen-bond acceptors (Lipinski definition) is 4. The van der Waals surface area contributed by atoms with E-state index in [0.29, 0.717) is 11.3 Å². The Balaban J connectivity index is 2.23. The first-order chi connectivity index (χ1) is 11.2. The number of ether oxygens (including phenoxy) is 2. The molecule has 0 atom stereocenters. The first-order valence-electron chi connectivity index (χ1n) is 7.14. The molecule has 0 fully saturated rings. The van der Waals surface area contributed by atoms with E-state index in [9.17, 15) is 4.79 Å². The highest BCUT2D eigenvalue weighted by Crippen LogP contribution is 2.36. The summed E-state index contributed by atoms with van der Waals surface area (Å²) in [5.41, 5.74) is 2.99. The molecule has 3 rings (SSSR count). The zero-order valence-electron chi connectivity index (χ0n) is 12.9. The minimum atomic E-state index is -0.385. The van der Waals surface area contributed by atoms with Crippen molar-refractivity contribution < 1.29 is 18.7 Å². The van der Waals surface area contributed by atoms with Gasteiger partial charge in [0.05, 0.1) is 26.0 Å². The lowest BCUT2D eigenvalue weighted by atomic mass is 9.93. The van der Waals surface area contributed by atoms with Gasteiger partial charge in [-0.1, -0.05) is 24.3 Å². The Bertz CT molecular complexity index is 802. The maximum atomic E-state index is 12.2. The zero-order valence-corrected chi connectivity index (χ0v) is 12.9. The van der Waals surface area contributed by atoms with Gasteiger partial charge in [-0.2, -0.15) is 0 Å². The molecule has 0 unspecified atom stereocenters. The second kappa shape index (κ2) is 6.40. The van der Waals surface area contributed by atoms with Crippen molar-refractivity contribution in [2.24, 2.45) is 0 Å². The van der Waals surface area contributed by atoms with Crippen LogP contribution < -0.4 is 4.74 Å². The van der Waals surface area contributed by atoms with Crippen LogP contribution in [0.25, 0.3) is 22.5 Å². The van der Waals surface area contributed by atoms with E-state index in [1.807, 2.05) is 48.5 Å². The second-order valence-corrected chi connectivity index (χ2v) is 4.93. The molecule has 0 saturated carbocycles. The Hall–Kier alpha value is -3.01. The fourth-order valence-corrected chi connectivity index (χ4v) is 2.54. The Morgan fingerprint density at radius 2 is 1.74 bits per heavy atom. The molecule has 4 heteroatoms. The molecule has 0 radical (unpaired) electrons. The number of furan rings is 1. The summed E-state index contributed by atoms with van der Waals surface area (Å²) in [7, 11) is 2.99. The second-order valence-electron chi connectivity index (χ2n) is 4.93. The number of methoxy groups -OCH3 is 2. The number of rotatable bonds is 4. The van der Waals surface area contributed by atoms with Gasteiger partial charge in [0.15, 0.2) is 0 Å². The SMILES string of the molecule is COC(=O)c1cccc(-c2ccco2)c1-c1ccc(OC)cc1. The maximum absolute atomic E-state index is 12.2. The van der Waals surface area contributed by atoms with Crippen LogP contribution in [-0.2, 0) is 4.74 Å². The van der Waals surface area contributed by atoms with E-state index in [2.05, 4.69) is 0 Å². The smallest absolute Gasteiger partial charge is 0.338 e.